The molecule has 1 heterocycles. The summed E-state index contributed by atoms with van der Waals surface area (Å²) in [4.78, 5) is 16.5. The van der Waals surface area contributed by atoms with E-state index in [1.54, 1.807) is 6.92 Å². The lowest BCUT2D eigenvalue weighted by atomic mass is 10.3. The highest BCUT2D eigenvalue weighted by Gasteiger charge is 2.41. The van der Waals surface area contributed by atoms with E-state index in [9.17, 15) is 22.4 Å². The summed E-state index contributed by atoms with van der Waals surface area (Å²) in [5.41, 5.74) is 0.804. The zero-order valence-corrected chi connectivity index (χ0v) is 11.2. The molecule has 0 fully saturated rings. The first-order chi connectivity index (χ1) is 8.72. The summed E-state index contributed by atoms with van der Waals surface area (Å²) in [6.07, 6.45) is -3.84. The molecule has 19 heavy (non-hydrogen) atoms. The van der Waals surface area contributed by atoms with Crippen LogP contribution in [-0.2, 0) is 16.0 Å². The van der Waals surface area contributed by atoms with Crippen LogP contribution in [0.2, 0.25) is 0 Å². The number of thiazole rings is 1. The van der Waals surface area contributed by atoms with Gasteiger partial charge in [0.2, 0.25) is 0 Å². The summed E-state index contributed by atoms with van der Waals surface area (Å²) in [7, 11) is 0. The van der Waals surface area contributed by atoms with Crippen LogP contribution in [0.5, 0.6) is 0 Å². The number of aryl methyl sites for hydroxylation is 2. The number of hydrogen-bond donors (Lipinski definition) is 0. The first kappa shape index (κ1) is 16.0. The molecule has 3 nitrogen and oxygen atoms in total. The predicted molar refractivity (Wildman–Crippen MR) is 62.1 cm³/mol. The van der Waals surface area contributed by atoms with Crippen molar-refractivity contribution in [3.63, 3.8) is 0 Å². The van der Waals surface area contributed by atoms with E-state index in [0.29, 0.717) is 5.01 Å². The van der Waals surface area contributed by atoms with Crippen LogP contribution in [0.15, 0.2) is 0 Å². The molecule has 1 aromatic heterocycles. The van der Waals surface area contributed by atoms with Crippen molar-refractivity contribution in [2.45, 2.75) is 32.6 Å². The highest BCUT2D eigenvalue weighted by molar-refractivity contribution is 7.11. The normalized spacial score (nSPS) is 12.2. The van der Waals surface area contributed by atoms with Gasteiger partial charge in [0.15, 0.2) is 5.78 Å². The fraction of sp³-hybridized carbons (Fsp3) is 0.636. The molecule has 0 aliphatic heterocycles. The van der Waals surface area contributed by atoms with Crippen LogP contribution in [0.3, 0.4) is 0 Å². The minimum atomic E-state index is -4.23. The molecule has 0 aliphatic carbocycles. The number of nitrogens with zero attached hydrogens (tertiary/aromatic N) is 1. The highest BCUT2D eigenvalue weighted by atomic mass is 32.1. The summed E-state index contributed by atoms with van der Waals surface area (Å²) in [5.74, 6) is -4.70. The molecule has 1 aromatic rings. The van der Waals surface area contributed by atoms with Gasteiger partial charge in [-0.2, -0.15) is 8.78 Å². The molecule has 0 N–H and O–H groups in total. The minimum Gasteiger partial charge on any atom is -0.367 e. The Morgan fingerprint density at radius 1 is 1.42 bits per heavy atom. The Kier molecular flexibility index (Phi) is 5.42. The standard InChI is InChI=1S/C11H13F4NO2S/c1-6-7(2)19-9(16-6)3-8(17)4-18-5-11(14,15)10(12)13/h10H,3-5H2,1-2H3. The minimum absolute atomic E-state index is 0.0421. The van der Waals surface area contributed by atoms with E-state index in [1.165, 1.54) is 11.3 Å². The van der Waals surface area contributed by atoms with Crippen LogP contribution >= 0.6 is 11.3 Å². The summed E-state index contributed by atoms with van der Waals surface area (Å²) in [6.45, 7) is 1.55. The maximum atomic E-state index is 12.5. The van der Waals surface area contributed by atoms with E-state index in [4.69, 9.17) is 0 Å². The van der Waals surface area contributed by atoms with Crippen molar-refractivity contribution in [1.82, 2.24) is 4.98 Å². The number of alkyl halides is 4. The monoisotopic (exact) mass is 299 g/mol. The number of rotatable bonds is 7. The van der Waals surface area contributed by atoms with Crippen molar-refractivity contribution >= 4 is 17.1 Å². The molecule has 1 rings (SSSR count). The fourth-order valence-electron chi connectivity index (χ4n) is 1.20. The number of carbonyl (C=O) groups is 1. The van der Waals surface area contributed by atoms with Gasteiger partial charge < -0.3 is 4.74 Å². The van der Waals surface area contributed by atoms with E-state index in [1.807, 2.05) is 6.92 Å². The molecule has 0 radical (unpaired) electrons. The van der Waals surface area contributed by atoms with Gasteiger partial charge in [-0.15, -0.1) is 11.3 Å². The number of carbonyl (C=O) groups excluding carboxylic acids is 1. The molecule has 0 saturated heterocycles. The number of Topliss-reactive ketones (excluding diaryl/α,β-unsaturated/α-hetero) is 1. The number of aromatic nitrogens is 1. The molecule has 0 amide bonds. The van der Waals surface area contributed by atoms with Crippen molar-refractivity contribution in [3.8, 4) is 0 Å². The average molecular weight is 299 g/mol. The van der Waals surface area contributed by atoms with Crippen LogP contribution in [0.4, 0.5) is 17.6 Å². The topological polar surface area (TPSA) is 39.2 Å². The Balaban J connectivity index is 2.36. The Morgan fingerprint density at radius 3 is 2.53 bits per heavy atom. The summed E-state index contributed by atoms with van der Waals surface area (Å²) in [6, 6.07) is 0. The molecule has 0 saturated carbocycles. The van der Waals surface area contributed by atoms with Crippen LogP contribution in [0.1, 0.15) is 15.6 Å². The van der Waals surface area contributed by atoms with Gasteiger partial charge >= 0.3 is 12.3 Å². The molecule has 0 aromatic carbocycles. The van der Waals surface area contributed by atoms with Crippen LogP contribution < -0.4 is 0 Å². The smallest absolute Gasteiger partial charge is 0.330 e. The van der Waals surface area contributed by atoms with Gasteiger partial charge in [0.1, 0.15) is 18.2 Å². The van der Waals surface area contributed by atoms with Gasteiger partial charge in [-0.05, 0) is 13.8 Å². The van der Waals surface area contributed by atoms with E-state index < -0.39 is 31.3 Å². The first-order valence-electron chi connectivity index (χ1n) is 5.40. The molecule has 8 heteroatoms. The van der Waals surface area contributed by atoms with Crippen molar-refractivity contribution in [2.75, 3.05) is 13.2 Å². The molecule has 0 spiro atoms. The maximum absolute atomic E-state index is 12.5. The molecule has 0 aliphatic rings. The summed E-state index contributed by atoms with van der Waals surface area (Å²) < 4.78 is 52.9. The lowest BCUT2D eigenvalue weighted by molar-refractivity contribution is -0.168. The zero-order chi connectivity index (χ0) is 14.6. The van der Waals surface area contributed by atoms with Crippen molar-refractivity contribution in [2.24, 2.45) is 0 Å². The van der Waals surface area contributed by atoms with Gasteiger partial charge in [-0.1, -0.05) is 0 Å². The summed E-state index contributed by atoms with van der Waals surface area (Å²) in [5, 5.41) is 0.559. The van der Waals surface area contributed by atoms with Gasteiger partial charge in [0.25, 0.3) is 0 Å². The second kappa shape index (κ2) is 6.42. The van der Waals surface area contributed by atoms with Crippen molar-refractivity contribution in [1.29, 1.82) is 0 Å². The third-order valence-electron chi connectivity index (χ3n) is 2.30. The van der Waals surface area contributed by atoms with E-state index in [-0.39, 0.29) is 6.42 Å². The third-order valence-corrected chi connectivity index (χ3v) is 3.37. The van der Waals surface area contributed by atoms with E-state index in [2.05, 4.69) is 9.72 Å². The molecule has 108 valence electrons. The number of hydrogen-bond acceptors (Lipinski definition) is 4. The predicted octanol–water partition coefficient (Wildman–Crippen LogP) is 2.79. The Morgan fingerprint density at radius 2 is 2.05 bits per heavy atom. The van der Waals surface area contributed by atoms with Crippen LogP contribution in [0, 0.1) is 13.8 Å². The van der Waals surface area contributed by atoms with Crippen molar-refractivity contribution < 1.29 is 27.1 Å². The quantitative estimate of drug-likeness (QED) is 0.727. The van der Waals surface area contributed by atoms with Crippen LogP contribution in [-0.4, -0.2) is 36.3 Å². The number of halogens is 4. The second-order valence-electron chi connectivity index (χ2n) is 4.02. The Labute approximate surface area is 111 Å². The lowest BCUT2D eigenvalue weighted by Gasteiger charge is -2.14. The molecule has 0 atom stereocenters. The molecular weight excluding hydrogens is 286 g/mol. The number of ketones is 1. The SMILES string of the molecule is Cc1nc(CC(=O)COCC(F)(F)C(F)F)sc1C. The van der Waals surface area contributed by atoms with Gasteiger partial charge in [0, 0.05) is 4.88 Å². The lowest BCUT2D eigenvalue weighted by Crippen LogP contribution is -2.33. The third kappa shape index (κ3) is 4.87. The number of ether oxygens (including phenoxy) is 1. The second-order valence-corrected chi connectivity index (χ2v) is 5.31. The van der Waals surface area contributed by atoms with E-state index >= 15 is 0 Å². The fourth-order valence-corrected chi connectivity index (χ4v) is 2.16. The average Bonchev–Trinajstić information content (AvgIpc) is 2.57. The highest BCUT2D eigenvalue weighted by Crippen LogP contribution is 2.23. The zero-order valence-electron chi connectivity index (χ0n) is 10.4. The first-order valence-corrected chi connectivity index (χ1v) is 6.22. The van der Waals surface area contributed by atoms with Crippen LogP contribution in [0.25, 0.3) is 0 Å². The van der Waals surface area contributed by atoms with Gasteiger partial charge in [-0.25, -0.2) is 13.8 Å². The van der Waals surface area contributed by atoms with Gasteiger partial charge in [0.05, 0.1) is 12.1 Å². The Hall–Kier alpha value is -1.02. The largest absolute Gasteiger partial charge is 0.367 e. The maximum Gasteiger partial charge on any atom is 0.330 e. The van der Waals surface area contributed by atoms with Gasteiger partial charge in [-0.3, -0.25) is 4.79 Å². The van der Waals surface area contributed by atoms with Crippen molar-refractivity contribution in [3.05, 3.63) is 15.6 Å². The Bertz CT molecular complexity index is 428. The molecule has 0 bridgehead atoms. The summed E-state index contributed by atoms with van der Waals surface area (Å²) >= 11 is 1.33. The molecular formula is C11H13F4NO2S. The molecule has 0 unspecified atom stereocenters. The van der Waals surface area contributed by atoms with E-state index in [0.717, 1.165) is 10.6 Å².